The third-order valence-electron chi connectivity index (χ3n) is 5.08. The van der Waals surface area contributed by atoms with E-state index in [1.165, 1.54) is 18.4 Å². The molecular weight excluding hydrogens is 380 g/mol. The molecule has 2 aromatic rings. The number of aryl methyl sites for hydroxylation is 1. The molecule has 0 amide bonds. The van der Waals surface area contributed by atoms with Crippen LogP contribution in [-0.4, -0.2) is 29.7 Å². The lowest BCUT2D eigenvalue weighted by Crippen LogP contribution is -2.06. The summed E-state index contributed by atoms with van der Waals surface area (Å²) in [6.07, 6.45) is 10.7. The molecule has 8 nitrogen and oxygen atoms in total. The first-order valence-corrected chi connectivity index (χ1v) is 10.3. The highest BCUT2D eigenvalue weighted by atomic mass is 16.5. The zero-order valence-electron chi connectivity index (χ0n) is 17.6. The number of nitrogens with one attached hydrogen (secondary N) is 2. The van der Waals surface area contributed by atoms with Gasteiger partial charge < -0.3 is 20.2 Å². The lowest BCUT2D eigenvalue weighted by molar-refractivity contribution is 0.184. The van der Waals surface area contributed by atoms with Gasteiger partial charge in [0.1, 0.15) is 11.5 Å². The second-order valence-corrected chi connectivity index (χ2v) is 7.57. The van der Waals surface area contributed by atoms with Gasteiger partial charge >= 0.3 is 0 Å². The number of hydrogen-bond donors (Lipinski definition) is 3. The number of rotatable bonds is 10. The molecule has 2 aromatic heterocycles. The summed E-state index contributed by atoms with van der Waals surface area (Å²) in [6, 6.07) is 3.61. The van der Waals surface area contributed by atoms with Gasteiger partial charge in [-0.1, -0.05) is 23.8 Å². The van der Waals surface area contributed by atoms with Gasteiger partial charge in [-0.05, 0) is 57.6 Å². The minimum Gasteiger partial charge on any atom is -0.460 e. The number of hydrogen-bond acceptors (Lipinski definition) is 8. The molecule has 0 aromatic carbocycles. The number of nitrogens with zero attached hydrogens (tertiary/aromatic N) is 3. The van der Waals surface area contributed by atoms with Crippen LogP contribution >= 0.6 is 0 Å². The Bertz CT molecular complexity index is 912. The Morgan fingerprint density at radius 3 is 2.97 bits per heavy atom. The SMILES string of the molecule is C/C(=C\C=C/CCNc1nc(N)nc(-c2ccc(C)o2)c1N=N)CCC1CCOC1. The average molecular weight is 411 g/mol. The van der Waals surface area contributed by atoms with E-state index in [9.17, 15) is 0 Å². The van der Waals surface area contributed by atoms with Crippen molar-refractivity contribution < 1.29 is 9.15 Å². The molecule has 0 bridgehead atoms. The number of furan rings is 1. The zero-order valence-corrected chi connectivity index (χ0v) is 17.6. The summed E-state index contributed by atoms with van der Waals surface area (Å²) in [5.41, 5.74) is 15.5. The molecule has 8 heteroatoms. The molecular formula is C22H30N6O2. The van der Waals surface area contributed by atoms with Crippen LogP contribution in [-0.2, 0) is 4.74 Å². The maximum Gasteiger partial charge on any atom is 0.222 e. The normalized spacial score (nSPS) is 17.0. The summed E-state index contributed by atoms with van der Waals surface area (Å²) in [6.45, 7) is 6.48. The lowest BCUT2D eigenvalue weighted by Gasteiger charge is -2.10. The Morgan fingerprint density at radius 2 is 2.27 bits per heavy atom. The Labute approximate surface area is 177 Å². The summed E-state index contributed by atoms with van der Waals surface area (Å²) in [4.78, 5) is 8.40. The predicted octanol–water partition coefficient (Wildman–Crippen LogP) is 5.41. The van der Waals surface area contributed by atoms with E-state index in [2.05, 4.69) is 45.6 Å². The van der Waals surface area contributed by atoms with E-state index in [0.29, 0.717) is 35.4 Å². The van der Waals surface area contributed by atoms with Crippen LogP contribution in [0.2, 0.25) is 0 Å². The molecule has 1 unspecified atom stereocenters. The first-order valence-electron chi connectivity index (χ1n) is 10.3. The molecule has 0 spiro atoms. The highest BCUT2D eigenvalue weighted by molar-refractivity contribution is 5.78. The van der Waals surface area contributed by atoms with Gasteiger partial charge in [-0.2, -0.15) is 10.1 Å². The van der Waals surface area contributed by atoms with Crippen molar-refractivity contribution in [3.63, 3.8) is 0 Å². The molecule has 3 heterocycles. The molecule has 1 fully saturated rings. The molecule has 3 rings (SSSR count). The first-order chi connectivity index (χ1) is 14.6. The topological polar surface area (TPSA) is 122 Å². The second kappa shape index (κ2) is 10.7. The van der Waals surface area contributed by atoms with Crippen LogP contribution in [0.4, 0.5) is 17.5 Å². The van der Waals surface area contributed by atoms with Gasteiger partial charge in [-0.25, -0.2) is 10.5 Å². The average Bonchev–Trinajstić information content (AvgIpc) is 3.40. The molecule has 1 saturated heterocycles. The number of nitrogens with two attached hydrogens (primary N) is 1. The summed E-state index contributed by atoms with van der Waals surface area (Å²) in [7, 11) is 0. The molecule has 1 aliphatic heterocycles. The van der Waals surface area contributed by atoms with Gasteiger partial charge in [0.2, 0.25) is 5.95 Å². The lowest BCUT2D eigenvalue weighted by atomic mass is 9.99. The quantitative estimate of drug-likeness (QED) is 0.273. The van der Waals surface area contributed by atoms with Crippen molar-refractivity contribution in [2.45, 2.75) is 39.5 Å². The van der Waals surface area contributed by atoms with Crippen LogP contribution in [0.15, 0.2) is 45.5 Å². The smallest absolute Gasteiger partial charge is 0.222 e. The fourth-order valence-corrected chi connectivity index (χ4v) is 3.36. The molecule has 1 aliphatic rings. The van der Waals surface area contributed by atoms with Crippen molar-refractivity contribution in [2.24, 2.45) is 11.0 Å². The molecule has 0 aliphatic carbocycles. The standard InChI is InChI=1S/C22H30N6O2/c1-15(7-9-17-11-13-29-14-17)6-4-3-5-12-25-21-20(28-24)19(26-22(23)27-21)18-10-8-16(2)30-18/h3-4,6,8,10,17,24H,5,7,9,11-14H2,1-2H3,(H3,23,25,26,27)/b4-3-,15-6+,28-24?. The minimum absolute atomic E-state index is 0.107. The number of nitrogen functional groups attached to an aromatic ring is 1. The second-order valence-electron chi connectivity index (χ2n) is 7.57. The maximum atomic E-state index is 7.54. The van der Waals surface area contributed by atoms with Gasteiger partial charge in [0.05, 0.1) is 0 Å². The van der Waals surface area contributed by atoms with Crippen molar-refractivity contribution >= 4 is 17.5 Å². The number of allylic oxidation sites excluding steroid dienone is 3. The van der Waals surface area contributed by atoms with Crippen molar-refractivity contribution in [3.8, 4) is 11.5 Å². The first kappa shape index (κ1) is 21.7. The van der Waals surface area contributed by atoms with Crippen LogP contribution in [0.25, 0.3) is 11.5 Å². The van der Waals surface area contributed by atoms with Gasteiger partial charge in [0.15, 0.2) is 17.3 Å². The molecule has 0 saturated carbocycles. The summed E-state index contributed by atoms with van der Waals surface area (Å²) in [5, 5.41) is 6.80. The Kier molecular flexibility index (Phi) is 7.73. The van der Waals surface area contributed by atoms with E-state index in [-0.39, 0.29) is 5.95 Å². The van der Waals surface area contributed by atoms with Crippen LogP contribution in [0.3, 0.4) is 0 Å². The van der Waals surface area contributed by atoms with Gasteiger partial charge in [0.25, 0.3) is 0 Å². The Morgan fingerprint density at radius 1 is 1.40 bits per heavy atom. The van der Waals surface area contributed by atoms with E-state index in [0.717, 1.165) is 31.8 Å². The van der Waals surface area contributed by atoms with E-state index >= 15 is 0 Å². The highest BCUT2D eigenvalue weighted by Gasteiger charge is 2.17. The summed E-state index contributed by atoms with van der Waals surface area (Å²) in [5.74, 6) is 2.52. The number of aromatic nitrogens is 2. The maximum absolute atomic E-state index is 7.54. The largest absolute Gasteiger partial charge is 0.460 e. The van der Waals surface area contributed by atoms with E-state index < -0.39 is 0 Å². The van der Waals surface area contributed by atoms with Crippen LogP contribution in [0.1, 0.15) is 38.4 Å². The van der Waals surface area contributed by atoms with Gasteiger partial charge in [-0.15, -0.1) is 0 Å². The van der Waals surface area contributed by atoms with Gasteiger partial charge in [0, 0.05) is 19.8 Å². The fourth-order valence-electron chi connectivity index (χ4n) is 3.36. The van der Waals surface area contributed by atoms with Crippen LogP contribution in [0, 0.1) is 18.4 Å². The van der Waals surface area contributed by atoms with Crippen LogP contribution in [0.5, 0.6) is 0 Å². The number of ether oxygens (including phenoxy) is 1. The monoisotopic (exact) mass is 410 g/mol. The summed E-state index contributed by atoms with van der Waals surface area (Å²) >= 11 is 0. The van der Waals surface area contributed by atoms with E-state index in [1.807, 2.05) is 13.0 Å². The van der Waals surface area contributed by atoms with E-state index in [1.54, 1.807) is 6.07 Å². The Hall–Kier alpha value is -3.00. The van der Waals surface area contributed by atoms with Crippen molar-refractivity contribution in [3.05, 3.63) is 41.7 Å². The summed E-state index contributed by atoms with van der Waals surface area (Å²) < 4.78 is 11.0. The predicted molar refractivity (Wildman–Crippen MR) is 118 cm³/mol. The third kappa shape index (κ3) is 6.00. The van der Waals surface area contributed by atoms with Crippen molar-refractivity contribution in [2.75, 3.05) is 30.8 Å². The Balaban J connectivity index is 1.53. The molecule has 1 atom stereocenters. The van der Waals surface area contributed by atoms with Crippen molar-refractivity contribution in [1.29, 1.82) is 5.53 Å². The minimum atomic E-state index is 0.107. The van der Waals surface area contributed by atoms with Crippen molar-refractivity contribution in [1.82, 2.24) is 9.97 Å². The molecule has 160 valence electrons. The van der Waals surface area contributed by atoms with Gasteiger partial charge in [-0.3, -0.25) is 0 Å². The number of anilines is 2. The third-order valence-corrected chi connectivity index (χ3v) is 5.08. The molecule has 4 N–H and O–H groups in total. The molecule has 0 radical (unpaired) electrons. The fraction of sp³-hybridized carbons (Fsp3) is 0.455. The van der Waals surface area contributed by atoms with Crippen LogP contribution < -0.4 is 11.1 Å². The molecule has 30 heavy (non-hydrogen) atoms. The highest BCUT2D eigenvalue weighted by Crippen LogP contribution is 2.35. The van der Waals surface area contributed by atoms with E-state index in [4.69, 9.17) is 20.4 Å². The zero-order chi connectivity index (χ0) is 21.3.